The van der Waals surface area contributed by atoms with E-state index in [0.29, 0.717) is 6.04 Å². The fraction of sp³-hybridized carbons (Fsp3) is 0.387. The average molecular weight is 537 g/mol. The number of benzene rings is 2. The van der Waals surface area contributed by atoms with Gasteiger partial charge in [0.15, 0.2) is 0 Å². The first-order valence-electron chi connectivity index (χ1n) is 12.6. The number of hydrogen-bond donors (Lipinski definition) is 0. The van der Waals surface area contributed by atoms with E-state index in [-0.39, 0.29) is 0 Å². The maximum Gasteiger partial charge on any atom is 0.147 e. The number of nitrogens with zero attached hydrogens (tertiary/aromatic N) is 3. The molecule has 0 spiro atoms. The number of allylic oxidation sites excluding steroid dienone is 4. The zero-order valence-electron chi connectivity index (χ0n) is 22.4. The standard InChI is InChI=1S/C16H17BrN2.C15H25N/c1-5-14(17)16-18-15(10-12(3)19(16)4)13-9-7-6-8-11(13)2;1-4-6-12-16(3)15(5-2)13-14-10-8-7-9-11-14/h5-10H,1H2,2-4H3;7-11,15H,4-6,12-13H2,1-3H3/b16-14+;. The zero-order valence-corrected chi connectivity index (χ0v) is 24.0. The monoisotopic (exact) mass is 535 g/mol. The Bertz CT molecular complexity index is 1040. The van der Waals surface area contributed by atoms with Crippen molar-refractivity contribution in [3.05, 3.63) is 106 Å². The quantitative estimate of drug-likeness (QED) is 0.322. The van der Waals surface area contributed by atoms with Gasteiger partial charge in [-0.25, -0.2) is 4.99 Å². The van der Waals surface area contributed by atoms with Crippen molar-refractivity contribution < 1.29 is 0 Å². The summed E-state index contributed by atoms with van der Waals surface area (Å²) in [5.41, 5.74) is 5.99. The second-order valence-corrected chi connectivity index (χ2v) is 9.97. The predicted molar refractivity (Wildman–Crippen MR) is 157 cm³/mol. The molecule has 1 unspecified atom stereocenters. The van der Waals surface area contributed by atoms with E-state index in [4.69, 9.17) is 4.99 Å². The molecule has 0 saturated carbocycles. The van der Waals surface area contributed by atoms with E-state index in [0.717, 1.165) is 27.3 Å². The number of rotatable bonds is 9. The van der Waals surface area contributed by atoms with Crippen LogP contribution in [0.5, 0.6) is 0 Å². The van der Waals surface area contributed by atoms with Gasteiger partial charge in [0.2, 0.25) is 0 Å². The van der Waals surface area contributed by atoms with Gasteiger partial charge in [-0.15, -0.1) is 0 Å². The Kier molecular flexibility index (Phi) is 12.2. The highest BCUT2D eigenvalue weighted by molar-refractivity contribution is 9.11. The molecule has 35 heavy (non-hydrogen) atoms. The van der Waals surface area contributed by atoms with Crippen molar-refractivity contribution in [3.63, 3.8) is 0 Å². The maximum absolute atomic E-state index is 4.74. The van der Waals surface area contributed by atoms with Crippen molar-refractivity contribution in [3.8, 4) is 0 Å². The molecular weight excluding hydrogens is 494 g/mol. The molecule has 0 aliphatic carbocycles. The normalized spacial score (nSPS) is 15.6. The highest BCUT2D eigenvalue weighted by Gasteiger charge is 2.17. The summed E-state index contributed by atoms with van der Waals surface area (Å²) in [6.45, 7) is 13.7. The minimum atomic E-state index is 0.689. The zero-order chi connectivity index (χ0) is 25.8. The molecule has 2 aromatic carbocycles. The van der Waals surface area contributed by atoms with E-state index in [1.54, 1.807) is 6.08 Å². The van der Waals surface area contributed by atoms with Crippen LogP contribution in [0, 0.1) is 6.92 Å². The lowest BCUT2D eigenvalue weighted by atomic mass is 10.0. The molecule has 188 valence electrons. The third-order valence-corrected chi connectivity index (χ3v) is 7.18. The lowest BCUT2D eigenvalue weighted by molar-refractivity contribution is 0.231. The van der Waals surface area contributed by atoms with Gasteiger partial charge in [-0.2, -0.15) is 0 Å². The van der Waals surface area contributed by atoms with E-state index in [2.05, 4.69) is 111 Å². The fourth-order valence-electron chi connectivity index (χ4n) is 4.07. The Labute approximate surface area is 222 Å². The largest absolute Gasteiger partial charge is 0.332 e. The first-order valence-corrected chi connectivity index (χ1v) is 13.4. The molecule has 4 heteroatoms. The molecular formula is C31H42BrN3. The summed E-state index contributed by atoms with van der Waals surface area (Å²) in [6.07, 6.45) is 8.87. The summed E-state index contributed by atoms with van der Waals surface area (Å²) < 4.78 is 0.897. The minimum Gasteiger partial charge on any atom is -0.332 e. The van der Waals surface area contributed by atoms with Crippen LogP contribution in [-0.2, 0) is 6.42 Å². The van der Waals surface area contributed by atoms with Crippen molar-refractivity contribution in [2.75, 3.05) is 20.6 Å². The number of hydrogen-bond acceptors (Lipinski definition) is 3. The summed E-state index contributed by atoms with van der Waals surface area (Å²) in [5, 5.41) is 0. The molecule has 1 aliphatic heterocycles. The van der Waals surface area contributed by atoms with Crippen LogP contribution in [-0.4, -0.2) is 42.2 Å². The van der Waals surface area contributed by atoms with Crippen molar-refractivity contribution in [1.82, 2.24) is 9.80 Å². The summed E-state index contributed by atoms with van der Waals surface area (Å²) in [7, 11) is 4.26. The first kappa shape index (κ1) is 28.8. The third kappa shape index (κ3) is 8.63. The van der Waals surface area contributed by atoms with Gasteiger partial charge >= 0.3 is 0 Å². The Morgan fingerprint density at radius 2 is 1.74 bits per heavy atom. The average Bonchev–Trinajstić information content (AvgIpc) is 2.88. The molecule has 1 heterocycles. The van der Waals surface area contributed by atoms with E-state index < -0.39 is 0 Å². The fourth-order valence-corrected chi connectivity index (χ4v) is 4.43. The van der Waals surface area contributed by atoms with Crippen LogP contribution >= 0.6 is 15.9 Å². The Hall–Kier alpha value is -2.43. The van der Waals surface area contributed by atoms with Gasteiger partial charge in [-0.1, -0.05) is 87.5 Å². The summed E-state index contributed by atoms with van der Waals surface area (Å²) in [6, 6.07) is 19.8. The molecule has 2 aromatic rings. The molecule has 1 aliphatic rings. The van der Waals surface area contributed by atoms with Gasteiger partial charge < -0.3 is 9.80 Å². The first-order chi connectivity index (χ1) is 16.8. The van der Waals surface area contributed by atoms with Gasteiger partial charge in [-0.3, -0.25) is 0 Å². The van der Waals surface area contributed by atoms with Crippen LogP contribution in [0.4, 0.5) is 0 Å². The molecule has 3 rings (SSSR count). The minimum absolute atomic E-state index is 0.689. The molecule has 0 radical (unpaired) electrons. The topological polar surface area (TPSA) is 18.8 Å². The van der Waals surface area contributed by atoms with Crippen LogP contribution in [0.25, 0.3) is 0 Å². The second kappa shape index (κ2) is 14.9. The van der Waals surface area contributed by atoms with E-state index in [1.165, 1.54) is 43.4 Å². The number of aliphatic imine (C=N–C) groups is 1. The summed E-state index contributed by atoms with van der Waals surface area (Å²) >= 11 is 3.51. The van der Waals surface area contributed by atoms with Crippen molar-refractivity contribution in [2.45, 2.75) is 59.4 Å². The van der Waals surface area contributed by atoms with Gasteiger partial charge in [-0.05, 0) is 79.8 Å². The van der Waals surface area contributed by atoms with Crippen LogP contribution in [0.1, 0.15) is 56.7 Å². The highest BCUT2D eigenvalue weighted by atomic mass is 79.9. The second-order valence-electron chi connectivity index (χ2n) is 9.12. The highest BCUT2D eigenvalue weighted by Crippen LogP contribution is 2.26. The number of aryl methyl sites for hydroxylation is 1. The number of likely N-dealkylation sites (N-methyl/N-ethyl adjacent to an activating group) is 1. The van der Waals surface area contributed by atoms with Gasteiger partial charge in [0.25, 0.3) is 0 Å². The van der Waals surface area contributed by atoms with Gasteiger partial charge in [0.1, 0.15) is 5.82 Å². The molecule has 0 saturated heterocycles. The van der Waals surface area contributed by atoms with Crippen molar-refractivity contribution >= 4 is 21.6 Å². The Morgan fingerprint density at radius 3 is 2.34 bits per heavy atom. The van der Waals surface area contributed by atoms with Crippen LogP contribution in [0.2, 0.25) is 0 Å². The van der Waals surface area contributed by atoms with Crippen molar-refractivity contribution in [2.24, 2.45) is 4.99 Å². The summed E-state index contributed by atoms with van der Waals surface area (Å²) in [5.74, 6) is 0.883. The SMILES string of the molecule is C=C/C(Br)=C1/N=C(c2ccccc2C)C=C(C)N1C.CCCCN(C)C(CC)Cc1ccccc1. The Morgan fingerprint density at radius 1 is 1.09 bits per heavy atom. The molecule has 3 nitrogen and oxygen atoms in total. The molecule has 1 atom stereocenters. The van der Waals surface area contributed by atoms with Crippen LogP contribution in [0.15, 0.2) is 94.3 Å². The lowest BCUT2D eigenvalue weighted by Gasteiger charge is -2.27. The van der Waals surface area contributed by atoms with E-state index in [9.17, 15) is 0 Å². The predicted octanol–water partition coefficient (Wildman–Crippen LogP) is 8.12. The molecule has 0 amide bonds. The lowest BCUT2D eigenvalue weighted by Crippen LogP contribution is -2.33. The smallest absolute Gasteiger partial charge is 0.147 e. The summed E-state index contributed by atoms with van der Waals surface area (Å²) in [4.78, 5) is 9.30. The van der Waals surface area contributed by atoms with Crippen LogP contribution < -0.4 is 0 Å². The molecule has 0 aromatic heterocycles. The van der Waals surface area contributed by atoms with E-state index in [1.807, 2.05) is 24.1 Å². The molecule has 0 N–H and O–H groups in total. The molecule has 0 bridgehead atoms. The van der Waals surface area contributed by atoms with Crippen LogP contribution in [0.3, 0.4) is 0 Å². The maximum atomic E-state index is 4.74. The number of unbranched alkanes of at least 4 members (excludes halogenated alkanes) is 1. The molecule has 0 fully saturated rings. The van der Waals surface area contributed by atoms with E-state index >= 15 is 0 Å². The van der Waals surface area contributed by atoms with Gasteiger partial charge in [0, 0.05) is 24.4 Å². The Balaban J connectivity index is 0.000000251. The van der Waals surface area contributed by atoms with Gasteiger partial charge in [0.05, 0.1) is 10.2 Å². The number of halogens is 1. The van der Waals surface area contributed by atoms with Crippen molar-refractivity contribution in [1.29, 1.82) is 0 Å². The third-order valence-electron chi connectivity index (χ3n) is 6.51.